The lowest BCUT2D eigenvalue weighted by Crippen LogP contribution is -2.31. The summed E-state index contributed by atoms with van der Waals surface area (Å²) in [6.07, 6.45) is 0. The molecule has 0 aromatic heterocycles. The maximum absolute atomic E-state index is 12.7. The Kier molecular flexibility index (Phi) is 4.58. The number of carbonyl (C=O) groups is 1. The maximum atomic E-state index is 12.7. The Morgan fingerprint density at radius 3 is 2.33 bits per heavy atom. The van der Waals surface area contributed by atoms with Gasteiger partial charge in [-0.05, 0) is 41.7 Å². The number of thioether (sulfide) groups is 1. The lowest BCUT2D eigenvalue weighted by molar-refractivity contribution is 0.0781. The lowest BCUT2D eigenvalue weighted by atomic mass is 10.0. The van der Waals surface area contributed by atoms with Crippen molar-refractivity contribution in [1.82, 2.24) is 10.2 Å². The van der Waals surface area contributed by atoms with E-state index in [0.717, 1.165) is 37.5 Å². The fourth-order valence-electron chi connectivity index (χ4n) is 3.64. The summed E-state index contributed by atoms with van der Waals surface area (Å²) in [6.45, 7) is 3.93. The van der Waals surface area contributed by atoms with Crippen LogP contribution in [0.3, 0.4) is 0 Å². The number of likely N-dealkylation sites (tertiary alicyclic amines) is 1. The Morgan fingerprint density at radius 1 is 1.00 bits per heavy atom. The van der Waals surface area contributed by atoms with Crippen LogP contribution in [0.1, 0.15) is 15.9 Å². The molecule has 2 aromatic rings. The maximum Gasteiger partial charge on any atom is 0.253 e. The highest BCUT2D eigenvalue weighted by Gasteiger charge is 2.38. The van der Waals surface area contributed by atoms with Gasteiger partial charge in [0.25, 0.3) is 5.91 Å². The molecule has 0 aliphatic carbocycles. The number of amides is 1. The van der Waals surface area contributed by atoms with Crippen molar-refractivity contribution in [2.24, 2.45) is 11.8 Å². The summed E-state index contributed by atoms with van der Waals surface area (Å²) in [7, 11) is 0. The first-order valence-electron chi connectivity index (χ1n) is 8.56. The van der Waals surface area contributed by atoms with E-state index in [-0.39, 0.29) is 5.91 Å². The number of nitrogens with zero attached hydrogens (tertiary/aromatic N) is 1. The van der Waals surface area contributed by atoms with E-state index in [4.69, 9.17) is 0 Å². The Hall–Kier alpha value is -1.78. The molecule has 0 saturated carbocycles. The summed E-state index contributed by atoms with van der Waals surface area (Å²) >= 11 is 1.81. The van der Waals surface area contributed by atoms with Gasteiger partial charge in [0.05, 0.1) is 0 Å². The van der Waals surface area contributed by atoms with E-state index in [1.807, 2.05) is 23.1 Å². The average molecular weight is 338 g/mol. The van der Waals surface area contributed by atoms with Gasteiger partial charge in [0.2, 0.25) is 0 Å². The number of rotatable bonds is 4. The van der Waals surface area contributed by atoms with Crippen molar-refractivity contribution in [1.29, 1.82) is 0 Å². The second-order valence-electron chi connectivity index (χ2n) is 6.69. The standard InChI is InChI=1S/C20H22N2OS/c23-20(22-12-17-10-21-11-18(17)13-22)16-6-8-19(9-7-16)24-14-15-4-2-1-3-5-15/h1-9,17-18,21H,10-14H2/t17-,18+. The van der Waals surface area contributed by atoms with Crippen molar-refractivity contribution in [2.75, 3.05) is 26.2 Å². The molecule has 4 heteroatoms. The topological polar surface area (TPSA) is 32.3 Å². The van der Waals surface area contributed by atoms with Crippen molar-refractivity contribution in [3.05, 3.63) is 65.7 Å². The Balaban J connectivity index is 1.36. The van der Waals surface area contributed by atoms with Crippen LogP contribution >= 0.6 is 11.8 Å². The van der Waals surface area contributed by atoms with Crippen LogP contribution in [0.2, 0.25) is 0 Å². The average Bonchev–Trinajstić information content (AvgIpc) is 3.23. The molecular formula is C20H22N2OS. The van der Waals surface area contributed by atoms with E-state index in [0.29, 0.717) is 11.8 Å². The molecule has 2 aliphatic heterocycles. The molecule has 3 nitrogen and oxygen atoms in total. The van der Waals surface area contributed by atoms with Crippen LogP contribution in [-0.4, -0.2) is 37.0 Å². The van der Waals surface area contributed by atoms with Crippen LogP contribution in [-0.2, 0) is 5.75 Å². The highest BCUT2D eigenvalue weighted by Crippen LogP contribution is 2.28. The zero-order valence-corrected chi connectivity index (χ0v) is 14.5. The molecule has 1 amide bonds. The molecule has 0 bridgehead atoms. The number of hydrogen-bond donors (Lipinski definition) is 1. The molecule has 2 fully saturated rings. The van der Waals surface area contributed by atoms with E-state index in [2.05, 4.69) is 41.7 Å². The molecule has 0 unspecified atom stereocenters. The van der Waals surface area contributed by atoms with Crippen LogP contribution in [0.15, 0.2) is 59.5 Å². The van der Waals surface area contributed by atoms with E-state index in [1.165, 1.54) is 10.5 Å². The lowest BCUT2D eigenvalue weighted by Gasteiger charge is -2.17. The molecular weight excluding hydrogens is 316 g/mol. The Bertz CT molecular complexity index is 689. The zero-order valence-electron chi connectivity index (χ0n) is 13.7. The molecule has 2 heterocycles. The molecule has 0 radical (unpaired) electrons. The molecule has 1 N–H and O–H groups in total. The highest BCUT2D eigenvalue weighted by atomic mass is 32.2. The SMILES string of the molecule is O=C(c1ccc(SCc2ccccc2)cc1)N1C[C@H]2CNC[C@H]2C1. The van der Waals surface area contributed by atoms with Crippen LogP contribution in [0.5, 0.6) is 0 Å². The fraction of sp³-hybridized carbons (Fsp3) is 0.350. The summed E-state index contributed by atoms with van der Waals surface area (Å²) in [5.41, 5.74) is 2.13. The first-order chi connectivity index (χ1) is 11.8. The van der Waals surface area contributed by atoms with Gasteiger partial charge < -0.3 is 10.2 Å². The molecule has 0 spiro atoms. The third kappa shape index (κ3) is 3.35. The third-order valence-electron chi connectivity index (χ3n) is 5.03. The highest BCUT2D eigenvalue weighted by molar-refractivity contribution is 7.98. The second-order valence-corrected chi connectivity index (χ2v) is 7.74. The molecule has 2 aromatic carbocycles. The van der Waals surface area contributed by atoms with Crippen LogP contribution in [0.4, 0.5) is 0 Å². The van der Waals surface area contributed by atoms with Crippen molar-refractivity contribution < 1.29 is 4.79 Å². The predicted octanol–water partition coefficient (Wildman–Crippen LogP) is 3.27. The monoisotopic (exact) mass is 338 g/mol. The summed E-state index contributed by atoms with van der Waals surface area (Å²) in [5, 5.41) is 3.42. The van der Waals surface area contributed by atoms with Crippen LogP contribution < -0.4 is 5.32 Å². The minimum atomic E-state index is 0.184. The summed E-state index contributed by atoms with van der Waals surface area (Å²) in [4.78, 5) is 15.9. The van der Waals surface area contributed by atoms with E-state index in [1.54, 1.807) is 11.8 Å². The van der Waals surface area contributed by atoms with Gasteiger partial charge in [0, 0.05) is 42.4 Å². The quantitative estimate of drug-likeness (QED) is 0.869. The number of carbonyl (C=O) groups excluding carboxylic acids is 1. The second kappa shape index (κ2) is 6.99. The number of fused-ring (bicyclic) bond motifs is 1. The summed E-state index contributed by atoms with van der Waals surface area (Å²) in [6, 6.07) is 18.5. The number of hydrogen-bond acceptors (Lipinski definition) is 3. The molecule has 2 aliphatic rings. The normalized spacial score (nSPS) is 22.6. The van der Waals surface area contributed by atoms with Gasteiger partial charge in [-0.15, -0.1) is 11.8 Å². The zero-order chi connectivity index (χ0) is 16.4. The van der Waals surface area contributed by atoms with Crippen molar-refractivity contribution in [3.8, 4) is 0 Å². The van der Waals surface area contributed by atoms with Gasteiger partial charge in [-0.25, -0.2) is 0 Å². The number of benzene rings is 2. The first-order valence-corrected chi connectivity index (χ1v) is 9.55. The Morgan fingerprint density at radius 2 is 1.67 bits per heavy atom. The molecule has 4 rings (SSSR count). The van der Waals surface area contributed by atoms with E-state index in [9.17, 15) is 4.79 Å². The molecule has 2 saturated heterocycles. The van der Waals surface area contributed by atoms with E-state index >= 15 is 0 Å². The molecule has 24 heavy (non-hydrogen) atoms. The summed E-state index contributed by atoms with van der Waals surface area (Å²) in [5.74, 6) is 2.43. The smallest absolute Gasteiger partial charge is 0.253 e. The first kappa shape index (κ1) is 15.7. The molecule has 124 valence electrons. The van der Waals surface area contributed by atoms with Gasteiger partial charge in [0.15, 0.2) is 0 Å². The predicted molar refractivity (Wildman–Crippen MR) is 98.2 cm³/mol. The van der Waals surface area contributed by atoms with Gasteiger partial charge >= 0.3 is 0 Å². The van der Waals surface area contributed by atoms with Gasteiger partial charge in [-0.1, -0.05) is 30.3 Å². The van der Waals surface area contributed by atoms with Crippen molar-refractivity contribution in [2.45, 2.75) is 10.6 Å². The largest absolute Gasteiger partial charge is 0.338 e. The fourth-order valence-corrected chi connectivity index (χ4v) is 4.49. The van der Waals surface area contributed by atoms with Gasteiger partial charge in [-0.3, -0.25) is 4.79 Å². The van der Waals surface area contributed by atoms with Crippen molar-refractivity contribution >= 4 is 17.7 Å². The third-order valence-corrected chi connectivity index (χ3v) is 6.11. The summed E-state index contributed by atoms with van der Waals surface area (Å²) < 4.78 is 0. The van der Waals surface area contributed by atoms with Crippen LogP contribution in [0, 0.1) is 11.8 Å². The van der Waals surface area contributed by atoms with E-state index < -0.39 is 0 Å². The number of nitrogens with one attached hydrogen (secondary N) is 1. The van der Waals surface area contributed by atoms with Gasteiger partial charge in [-0.2, -0.15) is 0 Å². The van der Waals surface area contributed by atoms with Gasteiger partial charge in [0.1, 0.15) is 0 Å². The minimum absolute atomic E-state index is 0.184. The van der Waals surface area contributed by atoms with Crippen molar-refractivity contribution in [3.63, 3.8) is 0 Å². The van der Waals surface area contributed by atoms with Crippen LogP contribution in [0.25, 0.3) is 0 Å². The Labute approximate surface area is 147 Å². The minimum Gasteiger partial charge on any atom is -0.338 e. The molecule has 2 atom stereocenters.